The van der Waals surface area contributed by atoms with Crippen LogP contribution in [0.15, 0.2) is 41.4 Å². The molecular formula is C21H27N3O6S. The van der Waals surface area contributed by atoms with E-state index < -0.39 is 22.0 Å². The summed E-state index contributed by atoms with van der Waals surface area (Å²) in [5, 5.41) is 0. The van der Waals surface area contributed by atoms with Crippen molar-refractivity contribution in [1.82, 2.24) is 8.87 Å². The van der Waals surface area contributed by atoms with Crippen LogP contribution in [0.1, 0.15) is 30.3 Å². The molecule has 0 saturated carbocycles. The first-order chi connectivity index (χ1) is 14.7. The number of rotatable bonds is 7. The predicted octanol–water partition coefficient (Wildman–Crippen LogP) is 2.03. The molecule has 9 nitrogen and oxygen atoms in total. The summed E-state index contributed by atoms with van der Waals surface area (Å²) in [5.41, 5.74) is 0.764. The van der Waals surface area contributed by atoms with E-state index in [0.717, 1.165) is 0 Å². The third-order valence-corrected chi connectivity index (χ3v) is 7.21. The molecule has 0 radical (unpaired) electrons. The number of nitrogens with zero attached hydrogens (tertiary/aromatic N) is 3. The monoisotopic (exact) mass is 449 g/mol. The van der Waals surface area contributed by atoms with Gasteiger partial charge in [0.1, 0.15) is 22.4 Å². The fourth-order valence-electron chi connectivity index (χ4n) is 3.68. The van der Waals surface area contributed by atoms with E-state index in [1.807, 2.05) is 6.92 Å². The quantitative estimate of drug-likeness (QED) is 0.600. The Kier molecular flexibility index (Phi) is 6.71. The molecule has 0 aliphatic carbocycles. The number of hydrogen-bond donors (Lipinski definition) is 0. The molecule has 3 rings (SSSR count). The minimum Gasteiger partial charge on any atom is -0.494 e. The molecule has 1 unspecified atom stereocenters. The summed E-state index contributed by atoms with van der Waals surface area (Å²) in [4.78, 5) is 26.5. The van der Waals surface area contributed by atoms with Gasteiger partial charge in [-0.1, -0.05) is 0 Å². The van der Waals surface area contributed by atoms with Crippen LogP contribution in [0.5, 0.6) is 5.75 Å². The topological polar surface area (TPSA) is 98.2 Å². The fraction of sp³-hybridized carbons (Fsp3) is 0.429. The minimum atomic E-state index is -3.97. The number of methoxy groups -OCH3 is 1. The highest BCUT2D eigenvalue weighted by molar-refractivity contribution is 7.89. The smallest absolute Gasteiger partial charge is 0.354 e. The van der Waals surface area contributed by atoms with E-state index in [9.17, 15) is 18.0 Å². The number of amides is 1. The van der Waals surface area contributed by atoms with Gasteiger partial charge in [-0.05, 0) is 50.1 Å². The molecule has 0 spiro atoms. The first kappa shape index (κ1) is 22.8. The number of anilines is 1. The molecule has 0 bridgehead atoms. The van der Waals surface area contributed by atoms with E-state index in [1.54, 1.807) is 38.4 Å². The number of sulfonamides is 1. The van der Waals surface area contributed by atoms with Crippen LogP contribution >= 0.6 is 0 Å². The van der Waals surface area contributed by atoms with Crippen LogP contribution in [0.2, 0.25) is 0 Å². The molecule has 2 aromatic rings. The molecule has 1 aromatic carbocycles. The van der Waals surface area contributed by atoms with Gasteiger partial charge < -0.3 is 18.9 Å². The Hall–Kier alpha value is -2.85. The van der Waals surface area contributed by atoms with Gasteiger partial charge in [0, 0.05) is 32.5 Å². The van der Waals surface area contributed by atoms with Crippen molar-refractivity contribution in [2.24, 2.45) is 7.05 Å². The summed E-state index contributed by atoms with van der Waals surface area (Å²) in [6.07, 6.45) is 2.36. The molecule has 1 saturated heterocycles. The number of esters is 1. The molecular weight excluding hydrogens is 422 g/mol. The van der Waals surface area contributed by atoms with Crippen molar-refractivity contribution in [3.63, 3.8) is 0 Å². The van der Waals surface area contributed by atoms with Crippen molar-refractivity contribution in [3.8, 4) is 5.75 Å². The van der Waals surface area contributed by atoms with Gasteiger partial charge in [0.15, 0.2) is 0 Å². The van der Waals surface area contributed by atoms with Crippen LogP contribution in [0.25, 0.3) is 0 Å². The molecule has 1 aliphatic rings. The lowest BCUT2D eigenvalue weighted by atomic mass is 10.2. The van der Waals surface area contributed by atoms with Gasteiger partial charge in [-0.3, -0.25) is 4.79 Å². The lowest BCUT2D eigenvalue weighted by Crippen LogP contribution is -2.46. The van der Waals surface area contributed by atoms with E-state index in [1.165, 1.54) is 33.1 Å². The number of likely N-dealkylation sites (N-methyl/N-ethyl adjacent to an activating group) is 1. The molecule has 10 heteroatoms. The van der Waals surface area contributed by atoms with Gasteiger partial charge in [0.25, 0.3) is 0 Å². The molecule has 1 atom stereocenters. The van der Waals surface area contributed by atoms with Gasteiger partial charge in [-0.25, -0.2) is 13.2 Å². The van der Waals surface area contributed by atoms with E-state index in [-0.39, 0.29) is 23.0 Å². The normalized spacial score (nSPS) is 16.8. The largest absolute Gasteiger partial charge is 0.494 e. The number of aryl methyl sites for hydroxylation is 1. The van der Waals surface area contributed by atoms with Gasteiger partial charge in [-0.15, -0.1) is 0 Å². The summed E-state index contributed by atoms with van der Waals surface area (Å²) in [5.74, 6) is -0.245. The fourth-order valence-corrected chi connectivity index (χ4v) is 5.40. The average Bonchev–Trinajstić information content (AvgIpc) is 3.41. The van der Waals surface area contributed by atoms with E-state index >= 15 is 0 Å². The third kappa shape index (κ3) is 4.45. The van der Waals surface area contributed by atoms with Gasteiger partial charge in [0.2, 0.25) is 15.9 Å². The van der Waals surface area contributed by atoms with Crippen molar-refractivity contribution in [2.75, 3.05) is 32.2 Å². The van der Waals surface area contributed by atoms with E-state index in [0.29, 0.717) is 30.9 Å². The second-order valence-electron chi connectivity index (χ2n) is 7.26. The van der Waals surface area contributed by atoms with Crippen LogP contribution < -0.4 is 9.64 Å². The lowest BCUT2D eigenvalue weighted by Gasteiger charge is -2.27. The highest BCUT2D eigenvalue weighted by Gasteiger charge is 2.41. The number of benzene rings is 1. The van der Waals surface area contributed by atoms with E-state index in [2.05, 4.69) is 0 Å². The van der Waals surface area contributed by atoms with Gasteiger partial charge in [0.05, 0.1) is 13.7 Å². The van der Waals surface area contributed by atoms with Crippen LogP contribution in [-0.2, 0) is 26.6 Å². The van der Waals surface area contributed by atoms with E-state index in [4.69, 9.17) is 9.47 Å². The maximum atomic E-state index is 13.3. The zero-order valence-corrected chi connectivity index (χ0v) is 18.9. The van der Waals surface area contributed by atoms with Crippen molar-refractivity contribution < 1.29 is 27.5 Å². The average molecular weight is 450 g/mol. The lowest BCUT2D eigenvalue weighted by molar-refractivity contribution is -0.121. The molecule has 1 aromatic heterocycles. The van der Waals surface area contributed by atoms with Crippen molar-refractivity contribution in [1.29, 1.82) is 0 Å². The number of carbonyl (C=O) groups excluding carboxylic acids is 2. The standard InChI is InChI=1S/C21H27N3O6S/c1-5-30-16-10-8-15(9-11-16)23(3)20(25)18-7-6-12-24(18)31(27,28)17-13-19(21(26)29-4)22(2)14-17/h8-11,13-14,18H,5-7,12H2,1-4H3. The Bertz CT molecular complexity index is 1060. The summed E-state index contributed by atoms with van der Waals surface area (Å²) < 4.78 is 39.3. The molecule has 1 amide bonds. The molecule has 2 heterocycles. The third-order valence-electron chi connectivity index (χ3n) is 5.34. The Morgan fingerprint density at radius 1 is 1.23 bits per heavy atom. The predicted molar refractivity (Wildman–Crippen MR) is 115 cm³/mol. The molecule has 1 aliphatic heterocycles. The Balaban J connectivity index is 1.84. The number of aromatic nitrogens is 1. The van der Waals surface area contributed by atoms with Crippen LogP contribution in [0.3, 0.4) is 0 Å². The maximum absolute atomic E-state index is 13.3. The van der Waals surface area contributed by atoms with Crippen molar-refractivity contribution in [3.05, 3.63) is 42.2 Å². The Morgan fingerprint density at radius 3 is 2.52 bits per heavy atom. The molecule has 0 N–H and O–H groups in total. The number of hydrogen-bond acceptors (Lipinski definition) is 6. The summed E-state index contributed by atoms with van der Waals surface area (Å²) in [7, 11) is 0.454. The van der Waals surface area contributed by atoms with Crippen LogP contribution in [0.4, 0.5) is 5.69 Å². The van der Waals surface area contributed by atoms with Crippen molar-refractivity contribution in [2.45, 2.75) is 30.7 Å². The maximum Gasteiger partial charge on any atom is 0.354 e. The summed E-state index contributed by atoms with van der Waals surface area (Å²) in [6.45, 7) is 2.66. The molecule has 31 heavy (non-hydrogen) atoms. The van der Waals surface area contributed by atoms with Gasteiger partial charge in [-0.2, -0.15) is 4.31 Å². The number of ether oxygens (including phenoxy) is 2. The van der Waals surface area contributed by atoms with Crippen molar-refractivity contribution >= 4 is 27.6 Å². The van der Waals surface area contributed by atoms with Gasteiger partial charge >= 0.3 is 5.97 Å². The van der Waals surface area contributed by atoms with Crippen LogP contribution in [-0.4, -0.2) is 62.5 Å². The minimum absolute atomic E-state index is 0.0428. The second-order valence-corrected chi connectivity index (χ2v) is 9.15. The SMILES string of the molecule is CCOc1ccc(N(C)C(=O)C2CCCN2S(=O)(=O)c2cc(C(=O)OC)n(C)c2)cc1. The number of carbonyl (C=O) groups is 2. The second kappa shape index (κ2) is 9.11. The Labute approximate surface area is 182 Å². The zero-order chi connectivity index (χ0) is 22.8. The molecule has 168 valence electrons. The first-order valence-electron chi connectivity index (χ1n) is 9.97. The first-order valence-corrected chi connectivity index (χ1v) is 11.4. The molecule has 1 fully saturated rings. The Morgan fingerprint density at radius 2 is 1.90 bits per heavy atom. The zero-order valence-electron chi connectivity index (χ0n) is 18.1. The summed E-state index contributed by atoms with van der Waals surface area (Å²) >= 11 is 0. The highest BCUT2D eigenvalue weighted by atomic mass is 32.2. The van der Waals surface area contributed by atoms with Crippen LogP contribution in [0, 0.1) is 0 Å². The highest BCUT2D eigenvalue weighted by Crippen LogP contribution is 2.29. The summed E-state index contributed by atoms with van der Waals surface area (Å²) in [6, 6.07) is 7.52.